The molecular weight excluding hydrogens is 466 g/mol. The number of sulfonamides is 1. The number of aromatic nitrogens is 1. The fraction of sp³-hybridized carbons (Fsp3) is 0.231. The van der Waals surface area contributed by atoms with Gasteiger partial charge in [0, 0.05) is 19.0 Å². The van der Waals surface area contributed by atoms with Gasteiger partial charge in [-0.2, -0.15) is 4.31 Å². The number of carbonyl (C=O) groups is 1. The Kier molecular flexibility index (Phi) is 6.20. The molecule has 6 nitrogen and oxygen atoms in total. The summed E-state index contributed by atoms with van der Waals surface area (Å²) < 4.78 is 28.5. The molecule has 0 atom stereocenters. The van der Waals surface area contributed by atoms with E-state index in [1.54, 1.807) is 35.2 Å². The van der Waals surface area contributed by atoms with E-state index in [2.05, 4.69) is 0 Å². The third kappa shape index (κ3) is 4.24. The Morgan fingerprint density at radius 1 is 0.941 bits per heavy atom. The van der Waals surface area contributed by atoms with E-state index in [0.29, 0.717) is 31.1 Å². The quantitative estimate of drug-likeness (QED) is 0.376. The summed E-state index contributed by atoms with van der Waals surface area (Å²) in [5.41, 5.74) is 2.66. The van der Waals surface area contributed by atoms with Gasteiger partial charge < -0.3 is 0 Å². The summed E-state index contributed by atoms with van der Waals surface area (Å²) in [4.78, 5) is 20.7. The topological polar surface area (TPSA) is 70.6 Å². The number of hydrogen-bond donors (Lipinski definition) is 0. The van der Waals surface area contributed by atoms with Crippen molar-refractivity contribution in [2.75, 3.05) is 18.0 Å². The molecule has 5 rings (SSSR count). The molecule has 0 radical (unpaired) electrons. The minimum absolute atomic E-state index is 0.0369. The molecule has 3 aromatic carbocycles. The maximum absolute atomic E-state index is 13.9. The SMILES string of the molecule is Cc1ccccc1N(C(=O)C1CCN(S(=O)(=O)c2ccccc2)CC1)c1nc2ccccc2s1. The van der Waals surface area contributed by atoms with E-state index in [1.165, 1.54) is 15.6 Å². The minimum Gasteiger partial charge on any atom is -0.274 e. The van der Waals surface area contributed by atoms with Crippen LogP contribution in [0.3, 0.4) is 0 Å². The summed E-state index contributed by atoms with van der Waals surface area (Å²) in [6.07, 6.45) is 0.941. The second-order valence-corrected chi connectivity index (χ2v) is 11.4. The van der Waals surface area contributed by atoms with Gasteiger partial charge in [0.2, 0.25) is 15.9 Å². The molecule has 1 aliphatic heterocycles. The van der Waals surface area contributed by atoms with Crippen molar-refractivity contribution < 1.29 is 13.2 Å². The first-order chi connectivity index (χ1) is 16.4. The van der Waals surface area contributed by atoms with Crippen LogP contribution in [0.15, 0.2) is 83.8 Å². The number of aryl methyl sites for hydroxylation is 1. The molecule has 0 spiro atoms. The fourth-order valence-corrected chi connectivity index (χ4v) is 6.83. The lowest BCUT2D eigenvalue weighted by Crippen LogP contribution is -2.43. The molecule has 1 amide bonds. The zero-order chi connectivity index (χ0) is 23.7. The zero-order valence-electron chi connectivity index (χ0n) is 18.8. The Morgan fingerprint density at radius 2 is 1.59 bits per heavy atom. The second-order valence-electron chi connectivity index (χ2n) is 8.42. The summed E-state index contributed by atoms with van der Waals surface area (Å²) in [6, 6.07) is 24.1. The Morgan fingerprint density at radius 3 is 2.29 bits per heavy atom. The monoisotopic (exact) mass is 491 g/mol. The van der Waals surface area contributed by atoms with Gasteiger partial charge in [0.25, 0.3) is 0 Å². The number of fused-ring (bicyclic) bond motifs is 1. The van der Waals surface area contributed by atoms with Crippen LogP contribution in [0.5, 0.6) is 0 Å². The number of rotatable bonds is 5. The van der Waals surface area contributed by atoms with E-state index >= 15 is 0 Å². The van der Waals surface area contributed by atoms with Crippen LogP contribution < -0.4 is 4.90 Å². The highest BCUT2D eigenvalue weighted by molar-refractivity contribution is 7.89. The molecular formula is C26H25N3O3S2. The number of hydrogen-bond acceptors (Lipinski definition) is 5. The number of anilines is 2. The standard InChI is InChI=1S/C26H25N3O3S2/c1-19-9-5-7-13-23(19)29(26-27-22-12-6-8-14-24(22)33-26)25(30)20-15-17-28(18-16-20)34(31,32)21-10-3-2-4-11-21/h2-14,20H,15-18H2,1H3. The van der Waals surface area contributed by atoms with Crippen molar-refractivity contribution >= 4 is 48.3 Å². The molecule has 0 bridgehead atoms. The number of para-hydroxylation sites is 2. The summed E-state index contributed by atoms with van der Waals surface area (Å²) in [7, 11) is -3.56. The molecule has 1 aromatic heterocycles. The fourth-order valence-electron chi connectivity index (χ4n) is 4.35. The van der Waals surface area contributed by atoms with E-state index in [0.717, 1.165) is 21.5 Å². The van der Waals surface area contributed by atoms with Gasteiger partial charge in [-0.25, -0.2) is 13.4 Å². The molecule has 2 heterocycles. The Balaban J connectivity index is 1.42. The molecule has 0 saturated carbocycles. The van der Waals surface area contributed by atoms with Gasteiger partial charge in [0.1, 0.15) is 0 Å². The molecule has 1 fully saturated rings. The molecule has 174 valence electrons. The lowest BCUT2D eigenvalue weighted by molar-refractivity contribution is -0.122. The van der Waals surface area contributed by atoms with Gasteiger partial charge in [0.15, 0.2) is 5.13 Å². The average molecular weight is 492 g/mol. The molecule has 0 unspecified atom stereocenters. The third-order valence-electron chi connectivity index (χ3n) is 6.23. The van der Waals surface area contributed by atoms with E-state index in [9.17, 15) is 13.2 Å². The molecule has 1 aliphatic rings. The van der Waals surface area contributed by atoms with E-state index in [4.69, 9.17) is 4.98 Å². The van der Waals surface area contributed by atoms with Gasteiger partial charge in [-0.15, -0.1) is 0 Å². The molecule has 34 heavy (non-hydrogen) atoms. The summed E-state index contributed by atoms with van der Waals surface area (Å²) in [5.74, 6) is -0.320. The first-order valence-electron chi connectivity index (χ1n) is 11.3. The predicted octanol–water partition coefficient (Wildman–Crippen LogP) is 5.37. The van der Waals surface area contributed by atoms with Crippen LogP contribution in [-0.4, -0.2) is 36.7 Å². The highest BCUT2D eigenvalue weighted by atomic mass is 32.2. The van der Waals surface area contributed by atoms with E-state index in [-0.39, 0.29) is 16.7 Å². The lowest BCUT2D eigenvalue weighted by Gasteiger charge is -2.33. The number of amides is 1. The van der Waals surface area contributed by atoms with Gasteiger partial charge >= 0.3 is 0 Å². The summed E-state index contributed by atoms with van der Waals surface area (Å²) >= 11 is 1.49. The lowest BCUT2D eigenvalue weighted by atomic mass is 9.96. The largest absolute Gasteiger partial charge is 0.274 e. The van der Waals surface area contributed by atoms with Crippen LogP contribution in [0.25, 0.3) is 10.2 Å². The number of carbonyl (C=O) groups excluding carboxylic acids is 1. The Hall–Kier alpha value is -3.07. The van der Waals surface area contributed by atoms with Crippen molar-refractivity contribution in [1.82, 2.24) is 9.29 Å². The molecule has 4 aromatic rings. The predicted molar refractivity (Wildman–Crippen MR) is 136 cm³/mol. The van der Waals surface area contributed by atoms with Gasteiger partial charge in [-0.05, 0) is 55.7 Å². The average Bonchev–Trinajstić information content (AvgIpc) is 3.29. The number of nitrogens with zero attached hydrogens (tertiary/aromatic N) is 3. The van der Waals surface area contributed by atoms with Crippen molar-refractivity contribution in [2.45, 2.75) is 24.7 Å². The molecule has 1 saturated heterocycles. The van der Waals surface area contributed by atoms with E-state index in [1.807, 2.05) is 55.5 Å². The van der Waals surface area contributed by atoms with Gasteiger partial charge in [-0.1, -0.05) is 59.9 Å². The molecule has 0 N–H and O–H groups in total. The normalized spacial score (nSPS) is 15.4. The van der Waals surface area contributed by atoms with Crippen molar-refractivity contribution in [3.63, 3.8) is 0 Å². The second kappa shape index (κ2) is 9.29. The van der Waals surface area contributed by atoms with Crippen LogP contribution in [0.4, 0.5) is 10.8 Å². The maximum atomic E-state index is 13.9. The van der Waals surface area contributed by atoms with Crippen LogP contribution in [0.1, 0.15) is 18.4 Å². The van der Waals surface area contributed by atoms with E-state index < -0.39 is 10.0 Å². The minimum atomic E-state index is -3.56. The highest BCUT2D eigenvalue weighted by Crippen LogP contribution is 2.37. The Labute approximate surface area is 203 Å². The number of piperidine rings is 1. The first kappa shape index (κ1) is 22.7. The zero-order valence-corrected chi connectivity index (χ0v) is 20.4. The van der Waals surface area contributed by atoms with Crippen molar-refractivity contribution in [3.8, 4) is 0 Å². The van der Waals surface area contributed by atoms with Gasteiger partial charge in [0.05, 0.1) is 20.8 Å². The van der Waals surface area contributed by atoms with Crippen LogP contribution in [0, 0.1) is 12.8 Å². The maximum Gasteiger partial charge on any atom is 0.243 e. The van der Waals surface area contributed by atoms with Gasteiger partial charge in [-0.3, -0.25) is 9.69 Å². The van der Waals surface area contributed by atoms with Crippen LogP contribution >= 0.6 is 11.3 Å². The molecule has 0 aliphatic carbocycles. The summed E-state index contributed by atoms with van der Waals surface area (Å²) in [5, 5.41) is 0.639. The number of thiazole rings is 1. The van der Waals surface area contributed by atoms with Crippen LogP contribution in [-0.2, 0) is 14.8 Å². The van der Waals surface area contributed by atoms with Crippen molar-refractivity contribution in [1.29, 1.82) is 0 Å². The smallest absolute Gasteiger partial charge is 0.243 e. The van der Waals surface area contributed by atoms with Crippen molar-refractivity contribution in [3.05, 3.63) is 84.4 Å². The first-order valence-corrected chi connectivity index (χ1v) is 13.5. The third-order valence-corrected chi connectivity index (χ3v) is 9.17. The molecule has 8 heteroatoms. The summed E-state index contributed by atoms with van der Waals surface area (Å²) in [6.45, 7) is 2.61. The van der Waals surface area contributed by atoms with Crippen molar-refractivity contribution in [2.24, 2.45) is 5.92 Å². The highest BCUT2D eigenvalue weighted by Gasteiger charge is 2.35. The van der Waals surface area contributed by atoms with Crippen LogP contribution in [0.2, 0.25) is 0 Å². The Bertz CT molecular complexity index is 1390. The number of benzene rings is 3.